The van der Waals surface area contributed by atoms with Gasteiger partial charge in [0.25, 0.3) is 0 Å². The number of aliphatic imine (C=N–C) groups is 1. The van der Waals surface area contributed by atoms with Crippen LogP contribution < -0.4 is 10.6 Å². The van der Waals surface area contributed by atoms with Gasteiger partial charge in [0.05, 0.1) is 13.2 Å². The minimum atomic E-state index is -0.221. The lowest BCUT2D eigenvalue weighted by Gasteiger charge is -2.11. The average molecular weight is 391 g/mol. The Kier molecular flexibility index (Phi) is 8.11. The van der Waals surface area contributed by atoms with Gasteiger partial charge in [0, 0.05) is 55.9 Å². The lowest BCUT2D eigenvalue weighted by atomic mass is 10.1. The van der Waals surface area contributed by atoms with E-state index in [-0.39, 0.29) is 5.82 Å². The predicted molar refractivity (Wildman–Crippen MR) is 110 cm³/mol. The van der Waals surface area contributed by atoms with Gasteiger partial charge in [-0.15, -0.1) is 0 Å². The number of nitrogens with one attached hydrogen (secondary N) is 3. The van der Waals surface area contributed by atoms with E-state index in [1.165, 1.54) is 17.7 Å². The van der Waals surface area contributed by atoms with Gasteiger partial charge >= 0.3 is 0 Å². The summed E-state index contributed by atoms with van der Waals surface area (Å²) in [6.45, 7) is 7.57. The Morgan fingerprint density at radius 1 is 1.39 bits per heavy atom. The maximum Gasteiger partial charge on any atom is 0.191 e. The Hall–Kier alpha value is -2.12. The van der Waals surface area contributed by atoms with Crippen LogP contribution in [-0.4, -0.2) is 57.0 Å². The minimum Gasteiger partial charge on any atom is -0.381 e. The number of halogens is 1. The fourth-order valence-corrected chi connectivity index (χ4v) is 3.34. The molecule has 0 saturated carbocycles. The third-order valence-electron chi connectivity index (χ3n) is 4.85. The molecule has 6 nitrogen and oxygen atoms in total. The van der Waals surface area contributed by atoms with Gasteiger partial charge in [-0.25, -0.2) is 4.39 Å². The first-order valence-electron chi connectivity index (χ1n) is 10.2. The van der Waals surface area contributed by atoms with E-state index >= 15 is 0 Å². The molecule has 0 aliphatic carbocycles. The smallest absolute Gasteiger partial charge is 0.191 e. The Balaban J connectivity index is 1.37. The summed E-state index contributed by atoms with van der Waals surface area (Å²) < 4.78 is 24.4. The molecular formula is C21H31FN4O2. The normalized spacial score (nSPS) is 17.4. The van der Waals surface area contributed by atoms with Crippen molar-refractivity contribution in [2.24, 2.45) is 10.9 Å². The van der Waals surface area contributed by atoms with Gasteiger partial charge in [-0.05, 0) is 49.9 Å². The molecule has 0 spiro atoms. The Morgan fingerprint density at radius 3 is 3.14 bits per heavy atom. The number of nitrogens with zero attached hydrogens (tertiary/aromatic N) is 1. The number of fused-ring (bicyclic) bond motifs is 1. The molecule has 1 aliphatic rings. The van der Waals surface area contributed by atoms with Crippen molar-refractivity contribution in [3.05, 3.63) is 35.8 Å². The lowest BCUT2D eigenvalue weighted by molar-refractivity contribution is 0.0893. The number of ether oxygens (including phenoxy) is 2. The van der Waals surface area contributed by atoms with Crippen LogP contribution in [0, 0.1) is 11.7 Å². The summed E-state index contributed by atoms with van der Waals surface area (Å²) in [5.41, 5.74) is 2.00. The van der Waals surface area contributed by atoms with Gasteiger partial charge in [0.1, 0.15) is 5.82 Å². The van der Waals surface area contributed by atoms with Crippen LogP contribution >= 0.6 is 0 Å². The molecule has 1 fully saturated rings. The molecule has 7 heteroatoms. The number of rotatable bonds is 10. The fraction of sp³-hybridized carbons (Fsp3) is 0.571. The number of guanidine groups is 1. The largest absolute Gasteiger partial charge is 0.381 e. The van der Waals surface area contributed by atoms with Gasteiger partial charge in [-0.2, -0.15) is 0 Å². The van der Waals surface area contributed by atoms with Crippen molar-refractivity contribution in [3.8, 4) is 0 Å². The van der Waals surface area contributed by atoms with Crippen LogP contribution in [0.4, 0.5) is 4.39 Å². The zero-order valence-electron chi connectivity index (χ0n) is 16.6. The number of H-pyrrole nitrogens is 1. The summed E-state index contributed by atoms with van der Waals surface area (Å²) in [4.78, 5) is 7.74. The third kappa shape index (κ3) is 6.21. The number of aromatic amines is 1. The lowest BCUT2D eigenvalue weighted by Crippen LogP contribution is -2.38. The zero-order valence-corrected chi connectivity index (χ0v) is 16.6. The molecule has 3 N–H and O–H groups in total. The van der Waals surface area contributed by atoms with Crippen LogP contribution in [0.5, 0.6) is 0 Å². The van der Waals surface area contributed by atoms with E-state index in [2.05, 4.69) is 27.5 Å². The monoisotopic (exact) mass is 390 g/mol. The molecular weight excluding hydrogens is 359 g/mol. The van der Waals surface area contributed by atoms with Gasteiger partial charge in [-0.1, -0.05) is 0 Å². The second-order valence-corrected chi connectivity index (χ2v) is 7.10. The first-order valence-corrected chi connectivity index (χ1v) is 10.2. The third-order valence-corrected chi connectivity index (χ3v) is 4.85. The first kappa shape index (κ1) is 20.6. The van der Waals surface area contributed by atoms with E-state index in [0.29, 0.717) is 5.92 Å². The molecule has 0 radical (unpaired) electrons. The van der Waals surface area contributed by atoms with Crippen molar-refractivity contribution in [2.75, 3.05) is 46.1 Å². The summed E-state index contributed by atoms with van der Waals surface area (Å²) in [6, 6.07) is 4.85. The molecule has 1 aromatic heterocycles. The Labute approximate surface area is 165 Å². The molecule has 0 amide bonds. The molecule has 0 bridgehead atoms. The molecule has 1 aromatic carbocycles. The summed E-state index contributed by atoms with van der Waals surface area (Å²) in [5, 5.41) is 7.70. The molecule has 28 heavy (non-hydrogen) atoms. The number of hydrogen-bond acceptors (Lipinski definition) is 3. The van der Waals surface area contributed by atoms with Gasteiger partial charge in [0.15, 0.2) is 5.96 Å². The van der Waals surface area contributed by atoms with E-state index in [1.807, 2.05) is 12.3 Å². The van der Waals surface area contributed by atoms with E-state index in [1.54, 1.807) is 0 Å². The predicted octanol–water partition coefficient (Wildman–Crippen LogP) is 2.85. The highest BCUT2D eigenvalue weighted by Gasteiger charge is 2.15. The molecule has 2 heterocycles. The van der Waals surface area contributed by atoms with Crippen LogP contribution in [0.1, 0.15) is 25.3 Å². The van der Waals surface area contributed by atoms with Gasteiger partial charge in [-0.3, -0.25) is 4.99 Å². The summed E-state index contributed by atoms with van der Waals surface area (Å²) >= 11 is 0. The fourth-order valence-electron chi connectivity index (χ4n) is 3.34. The summed E-state index contributed by atoms with van der Waals surface area (Å²) in [7, 11) is 0. The number of aromatic nitrogens is 1. The zero-order chi connectivity index (χ0) is 19.6. The molecule has 1 saturated heterocycles. The van der Waals surface area contributed by atoms with Crippen LogP contribution in [0.3, 0.4) is 0 Å². The summed E-state index contributed by atoms with van der Waals surface area (Å²) in [5.74, 6) is 1.15. The molecule has 1 aliphatic heterocycles. The first-order chi connectivity index (χ1) is 13.8. The van der Waals surface area contributed by atoms with Gasteiger partial charge in [0.2, 0.25) is 0 Å². The van der Waals surface area contributed by atoms with Crippen LogP contribution in [0.15, 0.2) is 29.4 Å². The van der Waals surface area contributed by atoms with Crippen molar-refractivity contribution in [1.82, 2.24) is 15.6 Å². The topological polar surface area (TPSA) is 70.7 Å². The molecule has 1 unspecified atom stereocenters. The van der Waals surface area contributed by atoms with E-state index in [0.717, 1.165) is 82.2 Å². The maximum absolute atomic E-state index is 13.3. The Bertz CT molecular complexity index is 756. The second-order valence-electron chi connectivity index (χ2n) is 7.10. The highest BCUT2D eigenvalue weighted by atomic mass is 19.1. The van der Waals surface area contributed by atoms with E-state index in [4.69, 9.17) is 9.47 Å². The SMILES string of the molecule is CCNC(=NCCCOCC1CCOC1)NCCc1c[nH]c2cc(F)ccc12. The number of benzene rings is 1. The van der Waals surface area contributed by atoms with Crippen LogP contribution in [0.2, 0.25) is 0 Å². The maximum atomic E-state index is 13.3. The molecule has 1 atom stereocenters. The summed E-state index contributed by atoms with van der Waals surface area (Å²) in [6.07, 6.45) is 4.79. The standard InChI is InChI=1S/C21H31FN4O2/c1-2-23-21(24-8-3-10-27-14-16-7-11-28-15-16)25-9-6-17-13-26-20-12-18(22)4-5-19(17)20/h4-5,12-13,16,26H,2-3,6-11,14-15H2,1H3,(H2,23,24,25). The van der Waals surface area contributed by atoms with Crippen molar-refractivity contribution in [2.45, 2.75) is 26.2 Å². The molecule has 3 rings (SSSR count). The van der Waals surface area contributed by atoms with E-state index in [9.17, 15) is 4.39 Å². The average Bonchev–Trinajstić information content (AvgIpc) is 3.34. The quantitative estimate of drug-likeness (QED) is 0.331. The van der Waals surface area contributed by atoms with Crippen molar-refractivity contribution in [3.63, 3.8) is 0 Å². The van der Waals surface area contributed by atoms with Crippen LogP contribution in [0.25, 0.3) is 10.9 Å². The van der Waals surface area contributed by atoms with Gasteiger partial charge < -0.3 is 25.1 Å². The Morgan fingerprint density at radius 2 is 2.32 bits per heavy atom. The van der Waals surface area contributed by atoms with Crippen molar-refractivity contribution < 1.29 is 13.9 Å². The van der Waals surface area contributed by atoms with Crippen molar-refractivity contribution >= 4 is 16.9 Å². The van der Waals surface area contributed by atoms with Crippen LogP contribution in [-0.2, 0) is 15.9 Å². The highest BCUT2D eigenvalue weighted by molar-refractivity contribution is 5.83. The second kappa shape index (κ2) is 11.0. The molecule has 2 aromatic rings. The number of hydrogen-bond donors (Lipinski definition) is 3. The highest BCUT2D eigenvalue weighted by Crippen LogP contribution is 2.19. The molecule has 154 valence electrons. The van der Waals surface area contributed by atoms with Crippen molar-refractivity contribution in [1.29, 1.82) is 0 Å². The van der Waals surface area contributed by atoms with E-state index < -0.39 is 0 Å². The minimum absolute atomic E-state index is 0.221.